The van der Waals surface area contributed by atoms with Gasteiger partial charge >= 0.3 is 0 Å². The summed E-state index contributed by atoms with van der Waals surface area (Å²) in [5.41, 5.74) is 3.79. The molecule has 0 radical (unpaired) electrons. The normalized spacial score (nSPS) is 15.1. The van der Waals surface area contributed by atoms with E-state index >= 15 is 0 Å². The van der Waals surface area contributed by atoms with E-state index in [1.165, 1.54) is 16.8 Å². The highest BCUT2D eigenvalue weighted by molar-refractivity contribution is 5.85. The second-order valence-corrected chi connectivity index (χ2v) is 6.83. The summed E-state index contributed by atoms with van der Waals surface area (Å²) >= 11 is 0. The van der Waals surface area contributed by atoms with E-state index in [2.05, 4.69) is 70.8 Å². The van der Waals surface area contributed by atoms with E-state index in [1.807, 2.05) is 13.1 Å². The molecule has 2 aromatic carbocycles. The first kappa shape index (κ1) is 19.4. The van der Waals surface area contributed by atoms with Crippen molar-refractivity contribution >= 4 is 18.1 Å². The van der Waals surface area contributed by atoms with Crippen LogP contribution in [0.25, 0.3) is 0 Å². The van der Waals surface area contributed by atoms with Crippen LogP contribution in [-0.2, 0) is 12.8 Å². The molecule has 6 heteroatoms. The third-order valence-corrected chi connectivity index (χ3v) is 5.05. The summed E-state index contributed by atoms with van der Waals surface area (Å²) < 4.78 is 5.72. The van der Waals surface area contributed by atoms with Crippen molar-refractivity contribution in [1.29, 1.82) is 0 Å². The molecule has 1 aliphatic heterocycles. The van der Waals surface area contributed by atoms with Crippen molar-refractivity contribution in [3.8, 4) is 0 Å². The maximum atomic E-state index is 5.72. The molecule has 0 amide bonds. The van der Waals surface area contributed by atoms with Crippen LogP contribution < -0.4 is 10.2 Å². The number of para-hydroxylation sites is 1. The lowest BCUT2D eigenvalue weighted by atomic mass is 10.0. The van der Waals surface area contributed by atoms with Crippen molar-refractivity contribution in [1.82, 2.24) is 15.5 Å². The molecule has 0 fully saturated rings. The number of hydrogen-bond donors (Lipinski definition) is 1. The molecule has 0 aliphatic carbocycles. The van der Waals surface area contributed by atoms with Crippen molar-refractivity contribution < 1.29 is 4.52 Å². The van der Waals surface area contributed by atoms with Crippen molar-refractivity contribution in [2.24, 2.45) is 0 Å². The largest absolute Gasteiger partial charge is 0.355 e. The van der Waals surface area contributed by atoms with E-state index in [9.17, 15) is 0 Å². The summed E-state index contributed by atoms with van der Waals surface area (Å²) in [6, 6.07) is 19.2. The lowest BCUT2D eigenvalue weighted by Crippen LogP contribution is -2.28. The molecule has 142 valence electrons. The summed E-state index contributed by atoms with van der Waals surface area (Å²) in [4.78, 5) is 7.11. The number of anilines is 1. The monoisotopic (exact) mass is 384 g/mol. The second-order valence-electron chi connectivity index (χ2n) is 6.83. The number of hydrogen-bond acceptors (Lipinski definition) is 5. The Labute approximate surface area is 166 Å². The van der Waals surface area contributed by atoms with Crippen LogP contribution in [0.4, 0.5) is 5.69 Å². The molecular weight excluding hydrogens is 360 g/mol. The van der Waals surface area contributed by atoms with E-state index in [-0.39, 0.29) is 18.4 Å². The summed E-state index contributed by atoms with van der Waals surface area (Å²) in [7, 11) is 1.94. The van der Waals surface area contributed by atoms with Crippen molar-refractivity contribution in [3.05, 3.63) is 77.4 Å². The first-order chi connectivity index (χ1) is 12.8. The topological polar surface area (TPSA) is 54.2 Å². The van der Waals surface area contributed by atoms with Gasteiger partial charge in [0.25, 0.3) is 5.89 Å². The number of nitrogens with zero attached hydrogens (tertiary/aromatic N) is 3. The van der Waals surface area contributed by atoms with Crippen LogP contribution in [0.5, 0.6) is 0 Å². The molecule has 3 aromatic rings. The Balaban J connectivity index is 0.00000210. The minimum absolute atomic E-state index is 0. The molecule has 2 heterocycles. The number of fused-ring (bicyclic) bond motifs is 1. The molecule has 1 aromatic heterocycles. The number of nitrogens with one attached hydrogen (secondary N) is 1. The van der Waals surface area contributed by atoms with Gasteiger partial charge in [0.1, 0.15) is 6.04 Å². The Bertz CT molecular complexity index is 867. The Morgan fingerprint density at radius 3 is 2.63 bits per heavy atom. The van der Waals surface area contributed by atoms with Gasteiger partial charge in [0.05, 0.1) is 0 Å². The molecule has 1 N–H and O–H groups in total. The maximum Gasteiger partial charge on any atom is 0.254 e. The Kier molecular flexibility index (Phi) is 6.14. The SMILES string of the molecule is CNC(C)Cc1noc(C(c2ccccc2)N2CCc3ccccc32)n1.Cl. The van der Waals surface area contributed by atoms with E-state index in [0.29, 0.717) is 11.9 Å². The van der Waals surface area contributed by atoms with Crippen molar-refractivity contribution in [2.45, 2.75) is 31.8 Å². The highest BCUT2D eigenvalue weighted by Crippen LogP contribution is 2.37. The highest BCUT2D eigenvalue weighted by Gasteiger charge is 2.32. The van der Waals surface area contributed by atoms with E-state index in [0.717, 1.165) is 25.2 Å². The molecule has 0 spiro atoms. The van der Waals surface area contributed by atoms with Gasteiger partial charge in [0, 0.05) is 24.7 Å². The zero-order chi connectivity index (χ0) is 17.9. The van der Waals surface area contributed by atoms with Crippen molar-refractivity contribution in [2.75, 3.05) is 18.5 Å². The summed E-state index contributed by atoms with van der Waals surface area (Å²) in [5, 5.41) is 7.44. The first-order valence-corrected chi connectivity index (χ1v) is 9.15. The number of halogens is 1. The Morgan fingerprint density at radius 2 is 1.85 bits per heavy atom. The molecular formula is C21H25ClN4O. The maximum absolute atomic E-state index is 5.72. The van der Waals surface area contributed by atoms with Gasteiger partial charge in [0.2, 0.25) is 0 Å². The summed E-state index contributed by atoms with van der Waals surface area (Å²) in [6.45, 7) is 3.06. The van der Waals surface area contributed by atoms with Crippen LogP contribution in [-0.4, -0.2) is 29.8 Å². The fourth-order valence-electron chi connectivity index (χ4n) is 3.56. The zero-order valence-corrected chi connectivity index (χ0v) is 16.4. The average molecular weight is 385 g/mol. The fourth-order valence-corrected chi connectivity index (χ4v) is 3.56. The molecule has 2 atom stereocenters. The van der Waals surface area contributed by atoms with E-state index in [4.69, 9.17) is 9.51 Å². The van der Waals surface area contributed by atoms with Gasteiger partial charge in [-0.15, -0.1) is 12.4 Å². The lowest BCUT2D eigenvalue weighted by Gasteiger charge is -2.28. The smallest absolute Gasteiger partial charge is 0.254 e. The molecule has 5 nitrogen and oxygen atoms in total. The van der Waals surface area contributed by atoms with Crippen molar-refractivity contribution in [3.63, 3.8) is 0 Å². The molecule has 4 rings (SSSR count). The average Bonchev–Trinajstić information content (AvgIpc) is 3.31. The standard InChI is InChI=1S/C21H24N4O.ClH/c1-15(22-2)14-19-23-21(26-24-19)20(17-9-4-3-5-10-17)25-13-12-16-8-6-7-11-18(16)25;/h3-11,15,20,22H,12-14H2,1-2H3;1H. The third kappa shape index (κ3) is 3.99. The van der Waals surface area contributed by atoms with Gasteiger partial charge in [-0.25, -0.2) is 0 Å². The minimum Gasteiger partial charge on any atom is -0.355 e. The summed E-state index contributed by atoms with van der Waals surface area (Å²) in [5.74, 6) is 1.40. The number of rotatable bonds is 6. The van der Waals surface area contributed by atoms with Crippen LogP contribution >= 0.6 is 12.4 Å². The summed E-state index contributed by atoms with van der Waals surface area (Å²) in [6.07, 6.45) is 1.79. The molecule has 0 saturated carbocycles. The van der Waals surface area contributed by atoms with Crippen LogP contribution in [0.2, 0.25) is 0 Å². The number of benzene rings is 2. The predicted molar refractivity (Wildman–Crippen MR) is 110 cm³/mol. The van der Waals surface area contributed by atoms with Gasteiger partial charge in [-0.2, -0.15) is 4.98 Å². The Hall–Kier alpha value is -2.37. The van der Waals surface area contributed by atoms with Gasteiger partial charge in [-0.3, -0.25) is 0 Å². The van der Waals surface area contributed by atoms with E-state index < -0.39 is 0 Å². The minimum atomic E-state index is -0.0639. The van der Waals surface area contributed by atoms with Gasteiger partial charge in [0.15, 0.2) is 5.82 Å². The molecule has 0 saturated heterocycles. The number of likely N-dealkylation sites (N-methyl/N-ethyl adjacent to an activating group) is 1. The van der Waals surface area contributed by atoms with Crippen LogP contribution in [0.15, 0.2) is 59.1 Å². The van der Waals surface area contributed by atoms with Crippen LogP contribution in [0.3, 0.4) is 0 Å². The third-order valence-electron chi connectivity index (χ3n) is 5.05. The van der Waals surface area contributed by atoms with Gasteiger partial charge < -0.3 is 14.7 Å². The zero-order valence-electron chi connectivity index (χ0n) is 15.6. The van der Waals surface area contributed by atoms with Crippen LogP contribution in [0.1, 0.15) is 35.8 Å². The fraction of sp³-hybridized carbons (Fsp3) is 0.333. The Morgan fingerprint density at radius 1 is 1.11 bits per heavy atom. The first-order valence-electron chi connectivity index (χ1n) is 9.15. The molecule has 27 heavy (non-hydrogen) atoms. The molecule has 1 aliphatic rings. The van der Waals surface area contributed by atoms with Crippen LogP contribution in [0, 0.1) is 0 Å². The van der Waals surface area contributed by atoms with Gasteiger partial charge in [-0.1, -0.05) is 53.7 Å². The quantitative estimate of drug-likeness (QED) is 0.700. The highest BCUT2D eigenvalue weighted by atomic mass is 35.5. The van der Waals surface area contributed by atoms with Gasteiger partial charge in [-0.05, 0) is 37.6 Å². The lowest BCUT2D eigenvalue weighted by molar-refractivity contribution is 0.356. The van der Waals surface area contributed by atoms with E-state index in [1.54, 1.807) is 0 Å². The molecule has 2 unspecified atom stereocenters. The second kappa shape index (κ2) is 8.55. The predicted octanol–water partition coefficient (Wildman–Crippen LogP) is 3.79. The number of aromatic nitrogens is 2. The molecule has 0 bridgehead atoms.